The minimum absolute atomic E-state index is 0. The van der Waals surface area contributed by atoms with Gasteiger partial charge in [-0.3, -0.25) is 4.39 Å². The maximum atomic E-state index is 14.9. The Bertz CT molecular complexity index is 2380. The molecule has 2 saturated carbocycles. The first kappa shape index (κ1) is 40.2. The van der Waals surface area contributed by atoms with Gasteiger partial charge in [-0.1, -0.05) is 79.6 Å². The number of fused-ring (bicyclic) bond motifs is 3. The van der Waals surface area contributed by atoms with Crippen LogP contribution in [0.25, 0.3) is 55.8 Å². The fraction of sp³-hybridized carbons (Fsp3) is 0.327. The zero-order chi connectivity index (χ0) is 37.8. The third-order valence-corrected chi connectivity index (χ3v) is 15.9. The summed E-state index contributed by atoms with van der Waals surface area (Å²) in [5.41, 5.74) is 9.12. The van der Waals surface area contributed by atoms with Crippen molar-refractivity contribution in [3.05, 3.63) is 132 Å². The molecule has 289 valence electrons. The molecule has 56 heavy (non-hydrogen) atoms. The second-order valence-electron chi connectivity index (χ2n) is 16.6. The number of hydrogen-bond acceptors (Lipinski definition) is 4. The van der Waals surface area contributed by atoms with Gasteiger partial charge in [0.25, 0.3) is 0 Å². The van der Waals surface area contributed by atoms with Crippen LogP contribution in [0.5, 0.6) is 0 Å². The van der Waals surface area contributed by atoms with Crippen molar-refractivity contribution in [2.24, 2.45) is 11.8 Å². The third-order valence-electron chi connectivity index (χ3n) is 11.5. The molecule has 0 atom stereocenters. The van der Waals surface area contributed by atoms with Crippen LogP contribution in [0, 0.1) is 29.8 Å². The Hall–Kier alpha value is -3.97. The maximum Gasteiger partial charge on any atom is 0 e. The van der Waals surface area contributed by atoms with Crippen LogP contribution < -0.4 is 4.40 Å². The molecule has 0 saturated heterocycles. The molecule has 0 aliphatic heterocycles. The van der Waals surface area contributed by atoms with Gasteiger partial charge < -0.3 is 9.40 Å². The number of hydrogen-bond donors (Lipinski definition) is 0. The van der Waals surface area contributed by atoms with E-state index in [4.69, 9.17) is 9.40 Å². The molecule has 0 bridgehead atoms. The van der Waals surface area contributed by atoms with E-state index in [0.29, 0.717) is 27.6 Å². The van der Waals surface area contributed by atoms with E-state index >= 15 is 0 Å². The Morgan fingerprint density at radius 1 is 0.750 bits per heavy atom. The maximum absolute atomic E-state index is 14.9. The van der Waals surface area contributed by atoms with Crippen molar-refractivity contribution in [3.63, 3.8) is 0 Å². The number of rotatable bonds is 8. The molecule has 4 nitrogen and oxygen atoms in total. The fourth-order valence-corrected chi connectivity index (χ4v) is 12.0. The largest absolute Gasteiger partial charge is 0 e. The van der Waals surface area contributed by atoms with E-state index in [0.717, 1.165) is 46.5 Å². The molecule has 2 fully saturated rings. The third kappa shape index (κ3) is 9.25. The van der Waals surface area contributed by atoms with E-state index in [2.05, 4.69) is 75.9 Å². The van der Waals surface area contributed by atoms with Crippen LogP contribution in [0.4, 0.5) is 4.39 Å². The Morgan fingerprint density at radius 2 is 1.48 bits per heavy atom. The number of aromatic nitrogens is 3. The molecule has 7 aromatic rings. The molecule has 7 heteroatoms. The predicted molar refractivity (Wildman–Crippen MR) is 226 cm³/mol. The summed E-state index contributed by atoms with van der Waals surface area (Å²) in [5, 5.41) is 1.10. The molecule has 2 aliphatic rings. The van der Waals surface area contributed by atoms with Crippen molar-refractivity contribution in [2.75, 3.05) is 0 Å². The van der Waals surface area contributed by atoms with Gasteiger partial charge in [0.1, 0.15) is 0 Å². The summed E-state index contributed by atoms with van der Waals surface area (Å²) in [5.74, 6) is 8.69. The summed E-state index contributed by atoms with van der Waals surface area (Å²) in [7, 11) is 0. The first-order chi connectivity index (χ1) is 26.8. The minimum atomic E-state index is -1.87. The van der Waals surface area contributed by atoms with E-state index in [1.165, 1.54) is 75.8 Å². The summed E-state index contributed by atoms with van der Waals surface area (Å²) < 4.78 is 22.7. The first-order valence-corrected chi connectivity index (χ1v) is 27.5. The van der Waals surface area contributed by atoms with E-state index < -0.39 is 13.3 Å². The second kappa shape index (κ2) is 18.1. The number of furan rings is 1. The zero-order valence-corrected chi connectivity index (χ0v) is 37.2. The zero-order valence-electron chi connectivity index (χ0n) is 32.7. The molecular weight excluding hydrogens is 930 g/mol. The Morgan fingerprint density at radius 3 is 2.21 bits per heavy atom. The van der Waals surface area contributed by atoms with Crippen molar-refractivity contribution in [1.82, 2.24) is 15.0 Å². The van der Waals surface area contributed by atoms with Crippen molar-refractivity contribution in [2.45, 2.75) is 87.9 Å². The molecule has 9 rings (SSSR count). The number of nitrogens with zero attached hydrogens (tertiary/aromatic N) is 3. The molecule has 4 heterocycles. The van der Waals surface area contributed by atoms with E-state index in [1.54, 1.807) is 9.96 Å². The van der Waals surface area contributed by atoms with Crippen LogP contribution in [-0.4, -0.2) is 28.2 Å². The average Bonchev–Trinajstić information content (AvgIpc) is 3.87. The van der Waals surface area contributed by atoms with Crippen molar-refractivity contribution >= 4 is 39.7 Å². The molecule has 2 aliphatic carbocycles. The van der Waals surface area contributed by atoms with Crippen LogP contribution in [0.15, 0.2) is 108 Å². The second-order valence-corrected chi connectivity index (χ2v) is 27.2. The number of halogens is 1. The predicted octanol–water partition coefficient (Wildman–Crippen LogP) is 12.6. The number of pyridine rings is 3. The van der Waals surface area contributed by atoms with Gasteiger partial charge in [0.2, 0.25) is 5.71 Å². The SMILES string of the molecule is Fc1c[c-]c(-c2cc(CC3CCCCC3)ccn2)c2oc3nc(-c4ccccc4)ccc3c12.[CH3][Ge]([CH3])([CH3])[c]1cnc(-c2[c-]cccc2)cc1CC1CCCC1.[Ir]. The van der Waals surface area contributed by atoms with Gasteiger partial charge in [-0.05, 0) is 41.6 Å². The van der Waals surface area contributed by atoms with Crippen LogP contribution in [-0.2, 0) is 32.9 Å². The van der Waals surface area contributed by atoms with Crippen LogP contribution in [0.1, 0.15) is 68.9 Å². The summed E-state index contributed by atoms with van der Waals surface area (Å²) in [4.78, 5) is 14.0. The Kier molecular flexibility index (Phi) is 13.0. The molecule has 0 amide bonds. The van der Waals surface area contributed by atoms with Crippen LogP contribution in [0.2, 0.25) is 17.3 Å². The topological polar surface area (TPSA) is 51.8 Å². The molecule has 0 spiro atoms. The van der Waals surface area contributed by atoms with Gasteiger partial charge in [-0.2, -0.15) is 0 Å². The fourth-order valence-electron chi connectivity index (χ4n) is 8.65. The Balaban J connectivity index is 0.000000183. The number of benzene rings is 3. The van der Waals surface area contributed by atoms with Crippen LogP contribution >= 0.6 is 0 Å². The average molecular weight is 981 g/mol. The molecule has 0 unspecified atom stereocenters. The summed E-state index contributed by atoms with van der Waals surface area (Å²) in [6.07, 6.45) is 18.6. The quantitative estimate of drug-likeness (QED) is 0.112. The first-order valence-electron chi connectivity index (χ1n) is 20.2. The van der Waals surface area contributed by atoms with Gasteiger partial charge in [0, 0.05) is 43.1 Å². The van der Waals surface area contributed by atoms with Crippen LogP contribution in [0.3, 0.4) is 0 Å². The normalized spacial score (nSPS) is 15.1. The smallest absolute Gasteiger partial charge is 0 e. The van der Waals surface area contributed by atoms with E-state index in [1.807, 2.05) is 60.8 Å². The van der Waals surface area contributed by atoms with Crippen molar-refractivity contribution < 1.29 is 28.9 Å². The summed E-state index contributed by atoms with van der Waals surface area (Å²) in [6.45, 7) is 0. The van der Waals surface area contributed by atoms with E-state index in [9.17, 15) is 4.39 Å². The summed E-state index contributed by atoms with van der Waals surface area (Å²) in [6, 6.07) is 36.2. The van der Waals surface area contributed by atoms with Gasteiger partial charge in [0.05, 0.1) is 11.3 Å². The van der Waals surface area contributed by atoms with Gasteiger partial charge in [0.15, 0.2) is 0 Å². The van der Waals surface area contributed by atoms with Gasteiger partial charge in [-0.25, -0.2) is 4.98 Å². The monoisotopic (exact) mass is 982 g/mol. The summed E-state index contributed by atoms with van der Waals surface area (Å²) >= 11 is -1.87. The van der Waals surface area contributed by atoms with E-state index in [-0.39, 0.29) is 25.9 Å². The standard InChI is InChI=1S/C29H24FN2O.C20H26GeN.Ir/c30-24-13-11-22(26-18-20(15-16-31-26)17-19-7-3-1-4-8-19)28-27(24)23-12-14-25(32-29(23)33-28)21-9-5-2-6-10-21;1-21(2,3)19-15-22-20(17-11-5-4-6-12-17)14-18(19)13-16-9-7-8-10-16;/h2,5-6,9-10,12-16,18-19H,1,3-4,7-8,17H2;4-6,11,14-16H,7-10,13H2,1-3H3;/q2*-1;. The molecular formula is C49H50FGeIrN3O-2. The molecule has 0 N–H and O–H groups in total. The molecule has 4 aromatic heterocycles. The van der Waals surface area contributed by atoms with Crippen molar-refractivity contribution in [1.29, 1.82) is 0 Å². The minimum Gasteiger partial charge on any atom is 0 e. The van der Waals surface area contributed by atoms with Gasteiger partial charge in [-0.15, -0.1) is 12.1 Å². The van der Waals surface area contributed by atoms with Crippen molar-refractivity contribution in [3.8, 4) is 33.8 Å². The van der Waals surface area contributed by atoms with Gasteiger partial charge >= 0.3 is 137 Å². The molecule has 1 radical (unpaired) electrons. The molecule has 3 aromatic carbocycles. The Labute approximate surface area is 347 Å².